The number of nitrogens with one attached hydrogen (secondary N) is 1. The maximum absolute atomic E-state index is 12.9. The molecule has 0 aliphatic heterocycles. The van der Waals surface area contributed by atoms with Crippen LogP contribution in [-0.4, -0.2) is 28.3 Å². The van der Waals surface area contributed by atoms with Crippen molar-refractivity contribution in [3.05, 3.63) is 47.3 Å². The van der Waals surface area contributed by atoms with Crippen molar-refractivity contribution in [1.82, 2.24) is 15.1 Å². The number of amides is 1. The Hall–Kier alpha value is -2.06. The van der Waals surface area contributed by atoms with Crippen molar-refractivity contribution in [3.8, 4) is 5.69 Å². The van der Waals surface area contributed by atoms with Crippen LogP contribution in [0.2, 0.25) is 0 Å². The van der Waals surface area contributed by atoms with E-state index in [0.717, 1.165) is 18.6 Å². The second-order valence-corrected chi connectivity index (χ2v) is 6.64. The Balaban J connectivity index is 0.00000364. The Labute approximate surface area is 162 Å². The second kappa shape index (κ2) is 9.23. The molecule has 9 heteroatoms. The number of hydrogen-bond donors (Lipinski definition) is 2. The van der Waals surface area contributed by atoms with Gasteiger partial charge in [-0.25, -0.2) is 4.68 Å². The third kappa shape index (κ3) is 5.71. The van der Waals surface area contributed by atoms with Crippen molar-refractivity contribution in [1.29, 1.82) is 0 Å². The topological polar surface area (TPSA) is 72.9 Å². The predicted molar refractivity (Wildman–Crippen MR) is 100 cm³/mol. The van der Waals surface area contributed by atoms with Crippen molar-refractivity contribution < 1.29 is 18.0 Å². The summed E-state index contributed by atoms with van der Waals surface area (Å²) in [6.07, 6.45) is -2.35. The van der Waals surface area contributed by atoms with Gasteiger partial charge in [-0.3, -0.25) is 4.79 Å². The monoisotopic (exact) mass is 404 g/mol. The number of carbonyl (C=O) groups is 1. The van der Waals surface area contributed by atoms with Crippen LogP contribution in [0.15, 0.2) is 30.5 Å². The van der Waals surface area contributed by atoms with E-state index in [2.05, 4.69) is 10.4 Å². The fourth-order valence-electron chi connectivity index (χ4n) is 2.75. The molecule has 1 aromatic carbocycles. The fourth-order valence-corrected chi connectivity index (χ4v) is 2.75. The number of nitrogens with two attached hydrogens (primary N) is 1. The average molecular weight is 405 g/mol. The summed E-state index contributed by atoms with van der Waals surface area (Å²) in [5, 5.41) is 6.94. The number of alkyl halides is 3. The molecule has 5 nitrogen and oxygen atoms in total. The minimum absolute atomic E-state index is 0. The summed E-state index contributed by atoms with van der Waals surface area (Å²) in [5.74, 6) is 0.0367. The van der Waals surface area contributed by atoms with Crippen LogP contribution in [0.1, 0.15) is 41.9 Å². The third-order valence-electron chi connectivity index (χ3n) is 4.05. The molecule has 0 saturated heterocycles. The Bertz CT molecular complexity index is 774. The van der Waals surface area contributed by atoms with Gasteiger partial charge in [0.2, 0.25) is 0 Å². The lowest BCUT2D eigenvalue weighted by Crippen LogP contribution is -2.41. The summed E-state index contributed by atoms with van der Waals surface area (Å²) in [7, 11) is 0. The molecular formula is C18H24ClF3N4O. The highest BCUT2D eigenvalue weighted by Gasteiger charge is 2.30. The molecule has 150 valence electrons. The quantitative estimate of drug-likeness (QED) is 0.770. The largest absolute Gasteiger partial charge is 0.416 e. The molecule has 0 radical (unpaired) electrons. The lowest BCUT2D eigenvalue weighted by Gasteiger charge is -2.18. The molecule has 2 rings (SSSR count). The van der Waals surface area contributed by atoms with Crippen molar-refractivity contribution >= 4 is 18.3 Å². The number of carbonyl (C=O) groups excluding carboxylic acids is 1. The Morgan fingerprint density at radius 1 is 1.33 bits per heavy atom. The summed E-state index contributed by atoms with van der Waals surface area (Å²) >= 11 is 0. The van der Waals surface area contributed by atoms with Gasteiger partial charge in [-0.05, 0) is 37.5 Å². The van der Waals surface area contributed by atoms with E-state index in [-0.39, 0.29) is 30.0 Å². The van der Waals surface area contributed by atoms with Crippen LogP contribution >= 0.6 is 12.4 Å². The Morgan fingerprint density at radius 3 is 2.56 bits per heavy atom. The van der Waals surface area contributed by atoms with Gasteiger partial charge in [-0.2, -0.15) is 18.3 Å². The number of aromatic nitrogens is 2. The van der Waals surface area contributed by atoms with E-state index >= 15 is 0 Å². The molecule has 0 saturated carbocycles. The van der Waals surface area contributed by atoms with Gasteiger partial charge in [0, 0.05) is 12.6 Å². The van der Waals surface area contributed by atoms with Crippen molar-refractivity contribution in [3.63, 3.8) is 0 Å². The average Bonchev–Trinajstić information content (AvgIpc) is 2.94. The zero-order valence-corrected chi connectivity index (χ0v) is 16.2. The summed E-state index contributed by atoms with van der Waals surface area (Å²) in [6, 6.07) is 4.65. The van der Waals surface area contributed by atoms with Crippen LogP contribution < -0.4 is 11.1 Å². The zero-order chi connectivity index (χ0) is 19.5. The van der Waals surface area contributed by atoms with E-state index in [1.54, 1.807) is 6.92 Å². The lowest BCUT2D eigenvalue weighted by atomic mass is 10.0. The standard InChI is InChI=1S/C18H23F3N4O.ClH/c1-11(2)7-14(9-22)24-17(26)16-10-23-25(12(16)3)15-6-4-5-13(8-15)18(19,20)21;/h4-6,8,10-11,14H,7,9,22H2,1-3H3,(H,24,26);1H. The van der Waals surface area contributed by atoms with Crippen LogP contribution in [0.25, 0.3) is 5.69 Å². The first-order valence-electron chi connectivity index (χ1n) is 8.36. The molecule has 1 aromatic heterocycles. The van der Waals surface area contributed by atoms with Gasteiger partial charge in [-0.1, -0.05) is 19.9 Å². The van der Waals surface area contributed by atoms with Crippen molar-refractivity contribution in [2.75, 3.05) is 6.54 Å². The van der Waals surface area contributed by atoms with Crippen LogP contribution in [0.4, 0.5) is 13.2 Å². The second-order valence-electron chi connectivity index (χ2n) is 6.64. The molecule has 3 N–H and O–H groups in total. The highest BCUT2D eigenvalue weighted by atomic mass is 35.5. The maximum atomic E-state index is 12.9. The van der Waals surface area contributed by atoms with Crippen LogP contribution in [0.5, 0.6) is 0 Å². The number of hydrogen-bond acceptors (Lipinski definition) is 3. The number of rotatable bonds is 6. The van der Waals surface area contributed by atoms with E-state index in [0.29, 0.717) is 23.7 Å². The van der Waals surface area contributed by atoms with Gasteiger partial charge in [0.1, 0.15) is 0 Å². The van der Waals surface area contributed by atoms with E-state index in [1.807, 2.05) is 13.8 Å². The first-order chi connectivity index (χ1) is 12.1. The van der Waals surface area contributed by atoms with Crippen molar-refractivity contribution in [2.45, 2.75) is 39.4 Å². The molecule has 1 amide bonds. The van der Waals surface area contributed by atoms with E-state index in [4.69, 9.17) is 5.73 Å². The molecule has 1 unspecified atom stereocenters. The minimum Gasteiger partial charge on any atom is -0.348 e. The normalized spacial score (nSPS) is 12.6. The van der Waals surface area contributed by atoms with E-state index < -0.39 is 11.7 Å². The minimum atomic E-state index is -4.44. The van der Waals surface area contributed by atoms with E-state index in [9.17, 15) is 18.0 Å². The fraction of sp³-hybridized carbons (Fsp3) is 0.444. The summed E-state index contributed by atoms with van der Waals surface area (Å²) in [6.45, 7) is 6.02. The summed E-state index contributed by atoms with van der Waals surface area (Å²) in [5.41, 5.74) is 5.94. The van der Waals surface area contributed by atoms with Crippen LogP contribution in [0, 0.1) is 12.8 Å². The highest BCUT2D eigenvalue weighted by Crippen LogP contribution is 2.30. The van der Waals surface area contributed by atoms with Gasteiger partial charge in [0.25, 0.3) is 5.91 Å². The molecule has 0 aliphatic rings. The zero-order valence-electron chi connectivity index (χ0n) is 15.4. The first kappa shape index (κ1) is 23.0. The molecular weight excluding hydrogens is 381 g/mol. The molecule has 2 aromatic rings. The van der Waals surface area contributed by atoms with E-state index in [1.165, 1.54) is 23.0 Å². The highest BCUT2D eigenvalue weighted by molar-refractivity contribution is 5.95. The number of nitrogens with zero attached hydrogens (tertiary/aromatic N) is 2. The molecule has 27 heavy (non-hydrogen) atoms. The Morgan fingerprint density at radius 2 is 2.00 bits per heavy atom. The SMILES string of the molecule is Cc1c(C(=O)NC(CN)CC(C)C)cnn1-c1cccc(C(F)(F)F)c1.Cl. The summed E-state index contributed by atoms with van der Waals surface area (Å²) < 4.78 is 40.0. The van der Waals surface area contributed by atoms with Crippen molar-refractivity contribution in [2.24, 2.45) is 11.7 Å². The molecule has 0 bridgehead atoms. The molecule has 0 fully saturated rings. The molecule has 1 atom stereocenters. The first-order valence-corrected chi connectivity index (χ1v) is 8.36. The third-order valence-corrected chi connectivity index (χ3v) is 4.05. The molecule has 1 heterocycles. The summed E-state index contributed by atoms with van der Waals surface area (Å²) in [4.78, 5) is 12.5. The van der Waals surface area contributed by atoms with Gasteiger partial charge in [-0.15, -0.1) is 12.4 Å². The van der Waals surface area contributed by atoms with Gasteiger partial charge in [0.05, 0.1) is 28.7 Å². The Kier molecular flexibility index (Phi) is 7.86. The van der Waals surface area contributed by atoms with Gasteiger partial charge in [0.15, 0.2) is 0 Å². The number of benzene rings is 1. The van der Waals surface area contributed by atoms with Gasteiger partial charge < -0.3 is 11.1 Å². The lowest BCUT2D eigenvalue weighted by molar-refractivity contribution is -0.137. The predicted octanol–water partition coefficient (Wildman–Crippen LogP) is 3.72. The maximum Gasteiger partial charge on any atom is 0.416 e. The molecule has 0 aliphatic carbocycles. The van der Waals surface area contributed by atoms with Gasteiger partial charge >= 0.3 is 6.18 Å². The van der Waals surface area contributed by atoms with Crippen LogP contribution in [-0.2, 0) is 6.18 Å². The smallest absolute Gasteiger partial charge is 0.348 e. The molecule has 0 spiro atoms. The van der Waals surface area contributed by atoms with Crippen LogP contribution in [0.3, 0.4) is 0 Å². The number of halogens is 4.